The first-order valence-corrected chi connectivity index (χ1v) is 40.1. The molecule has 0 saturated heterocycles. The zero-order valence-electron chi connectivity index (χ0n) is 58.4. The van der Waals surface area contributed by atoms with Crippen molar-refractivity contribution in [3.8, 4) is 0 Å². The predicted octanol–water partition coefficient (Wildman–Crippen LogP) is 20.4. The van der Waals surface area contributed by atoms with E-state index in [1.165, 1.54) is 180 Å². The van der Waals surface area contributed by atoms with Gasteiger partial charge in [0.2, 0.25) is 0 Å². The molecule has 0 aliphatic heterocycles. The highest BCUT2D eigenvalue weighted by atomic mass is 31.2. The van der Waals surface area contributed by atoms with Gasteiger partial charge in [-0.3, -0.25) is 37.3 Å². The van der Waals surface area contributed by atoms with E-state index in [0.717, 1.165) is 102 Å². The van der Waals surface area contributed by atoms with Crippen molar-refractivity contribution in [1.82, 2.24) is 0 Å². The maximum Gasteiger partial charge on any atom is 0.472 e. The van der Waals surface area contributed by atoms with Gasteiger partial charge in [-0.1, -0.05) is 311 Å². The highest BCUT2D eigenvalue weighted by Gasteiger charge is 2.30. The number of phosphoric acid groups is 2. The van der Waals surface area contributed by atoms with Gasteiger partial charge in [0.05, 0.1) is 26.4 Å². The third-order valence-electron chi connectivity index (χ3n) is 17.2. The Balaban J connectivity index is 5.22. The number of aliphatic hydroxyl groups excluding tert-OH is 1. The Morgan fingerprint density at radius 3 is 0.789 bits per heavy atom. The molecule has 0 bridgehead atoms. The van der Waals surface area contributed by atoms with Gasteiger partial charge in [-0.15, -0.1) is 0 Å². The standard InChI is InChI=1S/C71H138O17P2/c1-7-11-13-15-17-19-21-27-31-35-42-48-54-69(74)81-59-66(87-70(75)55-49-43-36-32-28-25-23-22-24-26-29-33-39-45-51-63(5)9-3)61-85-89(77,78)83-57-65(72)58-84-90(79,80)86-62-67(88-71(76)56-50-44-38-37-40-46-52-64(6)10-4)60-82-68(73)53-47-41-34-30-20-18-16-14-12-8-2/h63-67,72H,7-62H2,1-6H3,(H,77,78)(H,79,80)/t63?,64?,65-,66-,67-/m1/s1. The van der Waals surface area contributed by atoms with Crippen molar-refractivity contribution in [2.45, 2.75) is 381 Å². The normalized spacial score (nSPS) is 14.7. The van der Waals surface area contributed by atoms with E-state index in [1.807, 2.05) is 0 Å². The number of hydrogen-bond acceptors (Lipinski definition) is 15. The van der Waals surface area contributed by atoms with Crippen LogP contribution < -0.4 is 0 Å². The van der Waals surface area contributed by atoms with E-state index in [1.54, 1.807) is 0 Å². The fourth-order valence-electron chi connectivity index (χ4n) is 10.7. The van der Waals surface area contributed by atoms with Crippen molar-refractivity contribution in [3.05, 3.63) is 0 Å². The lowest BCUT2D eigenvalue weighted by molar-refractivity contribution is -0.161. The lowest BCUT2D eigenvalue weighted by Gasteiger charge is -2.21. The number of esters is 4. The number of carbonyl (C=O) groups is 4. The van der Waals surface area contributed by atoms with Crippen molar-refractivity contribution < 1.29 is 80.2 Å². The number of rotatable bonds is 70. The van der Waals surface area contributed by atoms with Crippen LogP contribution in [0.3, 0.4) is 0 Å². The molecule has 0 rings (SSSR count). The van der Waals surface area contributed by atoms with Crippen LogP contribution in [-0.4, -0.2) is 96.7 Å². The van der Waals surface area contributed by atoms with E-state index in [9.17, 15) is 43.2 Å². The first-order valence-electron chi connectivity index (χ1n) is 37.1. The summed E-state index contributed by atoms with van der Waals surface area (Å²) in [6.07, 6.45) is 48.5. The van der Waals surface area contributed by atoms with Crippen LogP contribution in [0.4, 0.5) is 0 Å². The first kappa shape index (κ1) is 88.1. The molecule has 0 fully saturated rings. The Labute approximate surface area is 549 Å². The monoisotopic (exact) mass is 1320 g/mol. The molecule has 0 saturated carbocycles. The van der Waals surface area contributed by atoms with Crippen LogP contribution in [0.1, 0.15) is 363 Å². The third-order valence-corrected chi connectivity index (χ3v) is 19.1. The molecule has 90 heavy (non-hydrogen) atoms. The van der Waals surface area contributed by atoms with Crippen LogP contribution in [0.25, 0.3) is 0 Å². The molecule has 0 heterocycles. The highest BCUT2D eigenvalue weighted by Crippen LogP contribution is 2.45. The topological polar surface area (TPSA) is 237 Å². The molecule has 4 unspecified atom stereocenters. The van der Waals surface area contributed by atoms with Gasteiger partial charge in [0.15, 0.2) is 12.2 Å². The van der Waals surface area contributed by atoms with Crippen molar-refractivity contribution >= 4 is 39.5 Å². The molecule has 0 radical (unpaired) electrons. The third kappa shape index (κ3) is 62.2. The SMILES string of the molecule is CCCCCCCCCCCCCCC(=O)OC[C@H](COP(=O)(O)OC[C@@H](O)COP(=O)(O)OC[C@@H](COC(=O)CCCCCCCCCCCC)OC(=O)CCCCCCCCC(C)CC)OC(=O)CCCCCCCCCCCCCCCCC(C)CC. The summed E-state index contributed by atoms with van der Waals surface area (Å²) < 4.78 is 68.3. The number of hydrogen-bond donors (Lipinski definition) is 3. The molecule has 0 aliphatic carbocycles. The molecule has 534 valence electrons. The quantitative estimate of drug-likeness (QED) is 0.0222. The molecule has 19 heteroatoms. The van der Waals surface area contributed by atoms with Crippen molar-refractivity contribution in [2.24, 2.45) is 11.8 Å². The van der Waals surface area contributed by atoms with Gasteiger partial charge in [-0.05, 0) is 37.5 Å². The number of carbonyl (C=O) groups excluding carboxylic acids is 4. The summed E-state index contributed by atoms with van der Waals surface area (Å²) >= 11 is 0. The van der Waals surface area contributed by atoms with Gasteiger partial charge in [-0.2, -0.15) is 0 Å². The van der Waals surface area contributed by atoms with Crippen molar-refractivity contribution in [2.75, 3.05) is 39.6 Å². The average molecular weight is 1330 g/mol. The summed E-state index contributed by atoms with van der Waals surface area (Å²) in [5.74, 6) is -0.558. The second-order valence-electron chi connectivity index (χ2n) is 26.1. The molecule has 3 N–H and O–H groups in total. The van der Waals surface area contributed by atoms with E-state index < -0.39 is 97.5 Å². The van der Waals surface area contributed by atoms with Crippen LogP contribution in [0.5, 0.6) is 0 Å². The molecule has 0 amide bonds. The molecular formula is C71H138O17P2. The Hall–Kier alpha value is -1.94. The van der Waals surface area contributed by atoms with Gasteiger partial charge in [0, 0.05) is 25.7 Å². The maximum atomic E-state index is 13.0. The van der Waals surface area contributed by atoms with E-state index in [0.29, 0.717) is 25.7 Å². The highest BCUT2D eigenvalue weighted by molar-refractivity contribution is 7.47. The lowest BCUT2D eigenvalue weighted by Crippen LogP contribution is -2.30. The molecule has 17 nitrogen and oxygen atoms in total. The van der Waals surface area contributed by atoms with E-state index in [4.69, 9.17) is 37.0 Å². The molecule has 0 spiro atoms. The minimum atomic E-state index is -4.95. The Bertz CT molecular complexity index is 1760. The van der Waals surface area contributed by atoms with Crippen molar-refractivity contribution in [3.63, 3.8) is 0 Å². The van der Waals surface area contributed by atoms with E-state index >= 15 is 0 Å². The Morgan fingerprint density at radius 2 is 0.533 bits per heavy atom. The van der Waals surface area contributed by atoms with E-state index in [-0.39, 0.29) is 25.7 Å². The molecular weight excluding hydrogens is 1190 g/mol. The van der Waals surface area contributed by atoms with Gasteiger partial charge >= 0.3 is 39.5 Å². The zero-order chi connectivity index (χ0) is 66.5. The largest absolute Gasteiger partial charge is 0.472 e. The summed E-state index contributed by atoms with van der Waals surface area (Å²) in [5.41, 5.74) is 0. The lowest BCUT2D eigenvalue weighted by atomic mass is 9.99. The Kier molecular flexibility index (Phi) is 61.8. The summed E-state index contributed by atoms with van der Waals surface area (Å²) in [4.78, 5) is 72.5. The predicted molar refractivity (Wildman–Crippen MR) is 363 cm³/mol. The van der Waals surface area contributed by atoms with Crippen LogP contribution in [0, 0.1) is 11.8 Å². The number of unbranched alkanes of at least 4 members (excludes halogenated alkanes) is 38. The summed E-state index contributed by atoms with van der Waals surface area (Å²) in [7, 11) is -9.90. The number of phosphoric ester groups is 2. The Morgan fingerprint density at radius 1 is 0.311 bits per heavy atom. The molecule has 0 aromatic rings. The van der Waals surface area contributed by atoms with Crippen LogP contribution in [0.2, 0.25) is 0 Å². The number of ether oxygens (including phenoxy) is 4. The second-order valence-corrected chi connectivity index (χ2v) is 29.0. The smallest absolute Gasteiger partial charge is 0.462 e. The maximum absolute atomic E-state index is 13.0. The molecule has 7 atom stereocenters. The summed E-state index contributed by atoms with van der Waals surface area (Å²) in [6, 6.07) is 0. The van der Waals surface area contributed by atoms with Gasteiger partial charge in [0.25, 0.3) is 0 Å². The van der Waals surface area contributed by atoms with Crippen LogP contribution >= 0.6 is 15.6 Å². The van der Waals surface area contributed by atoms with Gasteiger partial charge < -0.3 is 33.8 Å². The van der Waals surface area contributed by atoms with Crippen LogP contribution in [0.15, 0.2) is 0 Å². The minimum absolute atomic E-state index is 0.103. The fraction of sp³-hybridized carbons (Fsp3) is 0.944. The van der Waals surface area contributed by atoms with E-state index in [2.05, 4.69) is 41.5 Å². The fourth-order valence-corrected chi connectivity index (χ4v) is 12.3. The second kappa shape index (κ2) is 63.1. The molecule has 0 aliphatic rings. The van der Waals surface area contributed by atoms with Gasteiger partial charge in [-0.25, -0.2) is 9.13 Å². The van der Waals surface area contributed by atoms with Crippen molar-refractivity contribution in [1.29, 1.82) is 0 Å². The molecule has 0 aromatic heterocycles. The van der Waals surface area contributed by atoms with Crippen LogP contribution in [-0.2, 0) is 65.4 Å². The summed E-state index contributed by atoms with van der Waals surface area (Å²) in [5, 5.41) is 10.6. The number of aliphatic hydroxyl groups is 1. The van der Waals surface area contributed by atoms with Gasteiger partial charge in [0.1, 0.15) is 19.3 Å². The zero-order valence-corrected chi connectivity index (χ0v) is 60.2. The minimum Gasteiger partial charge on any atom is -0.462 e. The molecule has 0 aromatic carbocycles. The summed E-state index contributed by atoms with van der Waals surface area (Å²) in [6.45, 7) is 9.55. The average Bonchev–Trinajstić information content (AvgIpc) is 3.21. The first-order chi connectivity index (χ1) is 43.4.